The normalized spacial score (nSPS) is 17.6. The summed E-state index contributed by atoms with van der Waals surface area (Å²) in [6, 6.07) is 6.68. The molecule has 0 aliphatic carbocycles. The number of carbonyl (C=O) groups is 2. The van der Waals surface area contributed by atoms with E-state index >= 15 is 0 Å². The van der Waals surface area contributed by atoms with Gasteiger partial charge in [0.15, 0.2) is 5.69 Å². The van der Waals surface area contributed by atoms with Gasteiger partial charge in [0.1, 0.15) is 11.8 Å². The van der Waals surface area contributed by atoms with Crippen molar-refractivity contribution in [3.63, 3.8) is 0 Å². The van der Waals surface area contributed by atoms with Gasteiger partial charge in [-0.3, -0.25) is 14.3 Å². The molecular weight excluding hydrogens is 356 g/mol. The first-order valence-corrected chi connectivity index (χ1v) is 8.68. The molecule has 2 heterocycles. The SMILES string of the molecule is COc1ccc(N2CCN(C(=O)c3nn(C)c(C)c3Cl)[C@@H](C)C2=O)cc1. The topological polar surface area (TPSA) is 67.7 Å². The molecule has 0 spiro atoms. The summed E-state index contributed by atoms with van der Waals surface area (Å²) in [4.78, 5) is 28.9. The molecule has 1 fully saturated rings. The van der Waals surface area contributed by atoms with Crippen molar-refractivity contribution >= 4 is 29.1 Å². The van der Waals surface area contributed by atoms with Gasteiger partial charge in [0.2, 0.25) is 5.91 Å². The largest absolute Gasteiger partial charge is 0.497 e. The Balaban J connectivity index is 1.80. The third-order valence-corrected chi connectivity index (χ3v) is 5.22. The van der Waals surface area contributed by atoms with Gasteiger partial charge in [0.25, 0.3) is 5.91 Å². The molecule has 0 unspecified atom stereocenters. The highest BCUT2D eigenvalue weighted by Gasteiger charge is 2.37. The number of anilines is 1. The predicted octanol–water partition coefficient (Wildman–Crippen LogP) is 2.27. The van der Waals surface area contributed by atoms with E-state index < -0.39 is 6.04 Å². The molecule has 1 aromatic heterocycles. The van der Waals surface area contributed by atoms with Crippen molar-refractivity contribution in [2.75, 3.05) is 25.1 Å². The molecular formula is C18H21ClN4O3. The minimum absolute atomic E-state index is 0.140. The zero-order valence-electron chi connectivity index (χ0n) is 15.2. The first kappa shape index (κ1) is 18.3. The van der Waals surface area contributed by atoms with Gasteiger partial charge in [-0.25, -0.2) is 0 Å². The highest BCUT2D eigenvalue weighted by molar-refractivity contribution is 6.34. The van der Waals surface area contributed by atoms with Crippen molar-refractivity contribution < 1.29 is 14.3 Å². The fourth-order valence-corrected chi connectivity index (χ4v) is 3.26. The summed E-state index contributed by atoms with van der Waals surface area (Å²) in [6.07, 6.45) is 0. The minimum atomic E-state index is -0.600. The summed E-state index contributed by atoms with van der Waals surface area (Å²) in [5.74, 6) is 0.260. The van der Waals surface area contributed by atoms with E-state index in [4.69, 9.17) is 16.3 Å². The Bertz CT molecular complexity index is 847. The Labute approximate surface area is 157 Å². The highest BCUT2D eigenvalue weighted by Crippen LogP contribution is 2.26. The summed E-state index contributed by atoms with van der Waals surface area (Å²) in [6.45, 7) is 4.33. The number of aromatic nitrogens is 2. The fraction of sp³-hybridized carbons (Fsp3) is 0.389. The molecule has 1 atom stereocenters. The van der Waals surface area contributed by atoms with Crippen LogP contribution in [0.2, 0.25) is 5.02 Å². The summed E-state index contributed by atoms with van der Waals surface area (Å²) in [7, 11) is 3.32. The molecule has 0 radical (unpaired) electrons. The van der Waals surface area contributed by atoms with Gasteiger partial charge >= 0.3 is 0 Å². The van der Waals surface area contributed by atoms with Crippen LogP contribution in [0.4, 0.5) is 5.69 Å². The van der Waals surface area contributed by atoms with Crippen LogP contribution in [-0.2, 0) is 11.8 Å². The number of hydrogen-bond donors (Lipinski definition) is 0. The van der Waals surface area contributed by atoms with Gasteiger partial charge in [-0.15, -0.1) is 0 Å². The Hall–Kier alpha value is -2.54. The lowest BCUT2D eigenvalue weighted by Crippen LogP contribution is -2.57. The maximum absolute atomic E-state index is 12.8. The van der Waals surface area contributed by atoms with Crippen molar-refractivity contribution in [1.29, 1.82) is 0 Å². The smallest absolute Gasteiger partial charge is 0.276 e. The Morgan fingerprint density at radius 1 is 1.27 bits per heavy atom. The van der Waals surface area contributed by atoms with Crippen molar-refractivity contribution in [2.24, 2.45) is 7.05 Å². The van der Waals surface area contributed by atoms with E-state index in [1.54, 1.807) is 49.7 Å². The second-order valence-corrected chi connectivity index (χ2v) is 6.61. The molecule has 138 valence electrons. The number of piperazine rings is 1. The monoisotopic (exact) mass is 376 g/mol. The maximum Gasteiger partial charge on any atom is 0.276 e. The van der Waals surface area contributed by atoms with Gasteiger partial charge in [-0.2, -0.15) is 5.10 Å². The van der Waals surface area contributed by atoms with E-state index in [-0.39, 0.29) is 17.5 Å². The van der Waals surface area contributed by atoms with E-state index in [1.165, 1.54) is 4.90 Å². The van der Waals surface area contributed by atoms with E-state index in [0.29, 0.717) is 23.8 Å². The molecule has 1 aromatic carbocycles. The summed E-state index contributed by atoms with van der Waals surface area (Å²) < 4.78 is 6.71. The van der Waals surface area contributed by atoms with Crippen LogP contribution in [-0.4, -0.2) is 52.7 Å². The molecule has 7 nitrogen and oxygen atoms in total. The Morgan fingerprint density at radius 2 is 1.92 bits per heavy atom. The second kappa shape index (κ2) is 6.99. The average molecular weight is 377 g/mol. The lowest BCUT2D eigenvalue weighted by Gasteiger charge is -2.38. The van der Waals surface area contributed by atoms with Crippen molar-refractivity contribution in [1.82, 2.24) is 14.7 Å². The van der Waals surface area contributed by atoms with Crippen LogP contribution in [0.5, 0.6) is 5.75 Å². The standard InChI is InChI=1S/C18H21ClN4O3/c1-11-15(19)16(20-21(11)3)18(25)22-9-10-23(17(24)12(22)2)13-5-7-14(26-4)8-6-13/h5-8,12H,9-10H2,1-4H3/t12-/m0/s1. The molecule has 1 aliphatic rings. The van der Waals surface area contributed by atoms with Crippen LogP contribution in [0.1, 0.15) is 23.1 Å². The van der Waals surface area contributed by atoms with Crippen LogP contribution in [0, 0.1) is 6.92 Å². The number of ether oxygens (including phenoxy) is 1. The predicted molar refractivity (Wildman–Crippen MR) is 98.8 cm³/mol. The molecule has 2 aromatic rings. The Morgan fingerprint density at radius 3 is 2.46 bits per heavy atom. The Kier molecular flexibility index (Phi) is 4.91. The number of benzene rings is 1. The summed E-state index contributed by atoms with van der Waals surface area (Å²) in [5, 5.41) is 4.52. The number of nitrogens with zero attached hydrogens (tertiary/aromatic N) is 4. The number of amides is 2. The van der Waals surface area contributed by atoms with Crippen molar-refractivity contribution in [2.45, 2.75) is 19.9 Å². The van der Waals surface area contributed by atoms with Crippen LogP contribution in [0.15, 0.2) is 24.3 Å². The van der Waals surface area contributed by atoms with E-state index in [9.17, 15) is 9.59 Å². The van der Waals surface area contributed by atoms with Gasteiger partial charge in [0, 0.05) is 25.8 Å². The molecule has 0 N–H and O–H groups in total. The van der Waals surface area contributed by atoms with Gasteiger partial charge in [0.05, 0.1) is 17.8 Å². The number of aryl methyl sites for hydroxylation is 1. The highest BCUT2D eigenvalue weighted by atomic mass is 35.5. The maximum atomic E-state index is 12.8. The molecule has 1 saturated heterocycles. The molecule has 26 heavy (non-hydrogen) atoms. The van der Waals surface area contributed by atoms with Gasteiger partial charge in [-0.05, 0) is 38.1 Å². The van der Waals surface area contributed by atoms with Crippen molar-refractivity contribution in [3.05, 3.63) is 40.7 Å². The molecule has 8 heteroatoms. The summed E-state index contributed by atoms with van der Waals surface area (Å²) >= 11 is 6.23. The zero-order valence-corrected chi connectivity index (χ0v) is 15.9. The lowest BCUT2D eigenvalue weighted by molar-refractivity contribution is -0.124. The van der Waals surface area contributed by atoms with Crippen LogP contribution < -0.4 is 9.64 Å². The van der Waals surface area contributed by atoms with Crippen LogP contribution >= 0.6 is 11.6 Å². The first-order valence-electron chi connectivity index (χ1n) is 8.30. The van der Waals surface area contributed by atoms with E-state index in [0.717, 1.165) is 11.4 Å². The number of hydrogen-bond acceptors (Lipinski definition) is 4. The van der Waals surface area contributed by atoms with Crippen molar-refractivity contribution in [3.8, 4) is 5.75 Å². The number of carbonyl (C=O) groups excluding carboxylic acids is 2. The molecule has 0 bridgehead atoms. The first-order chi connectivity index (χ1) is 12.3. The quantitative estimate of drug-likeness (QED) is 0.824. The van der Waals surface area contributed by atoms with Crippen LogP contribution in [0.25, 0.3) is 0 Å². The molecule has 1 aliphatic heterocycles. The summed E-state index contributed by atoms with van der Waals surface area (Å²) in [5.41, 5.74) is 1.68. The zero-order chi connectivity index (χ0) is 19.0. The molecule has 0 saturated carbocycles. The molecule has 3 rings (SSSR count). The average Bonchev–Trinajstić information content (AvgIpc) is 2.91. The van der Waals surface area contributed by atoms with Gasteiger partial charge < -0.3 is 14.5 Å². The van der Waals surface area contributed by atoms with E-state index in [2.05, 4.69) is 5.10 Å². The number of methoxy groups -OCH3 is 1. The molecule has 2 amide bonds. The number of rotatable bonds is 3. The second-order valence-electron chi connectivity index (χ2n) is 6.23. The third-order valence-electron chi connectivity index (χ3n) is 4.76. The fourth-order valence-electron chi connectivity index (χ4n) is 3.02. The minimum Gasteiger partial charge on any atom is -0.497 e. The van der Waals surface area contributed by atoms with Crippen LogP contribution in [0.3, 0.4) is 0 Å². The van der Waals surface area contributed by atoms with Gasteiger partial charge in [-0.1, -0.05) is 11.6 Å². The van der Waals surface area contributed by atoms with E-state index in [1.807, 2.05) is 12.1 Å². The number of halogens is 1. The third kappa shape index (κ3) is 3.03. The lowest BCUT2D eigenvalue weighted by atomic mass is 10.1.